The van der Waals surface area contributed by atoms with Gasteiger partial charge >= 0.3 is 6.03 Å². The van der Waals surface area contributed by atoms with Gasteiger partial charge in [-0.2, -0.15) is 0 Å². The number of carbonyl (C=O) groups is 2. The van der Waals surface area contributed by atoms with Crippen LogP contribution < -0.4 is 0 Å². The average molecular weight is 369 g/mol. The maximum atomic E-state index is 12.8. The predicted octanol–water partition coefficient (Wildman–Crippen LogP) is -0.817. The topological polar surface area (TPSA) is 95.8 Å². The number of hydrogen-bond acceptors (Lipinski definition) is 5. The highest BCUT2D eigenvalue weighted by Gasteiger charge is 2.49. The molecule has 0 bridgehead atoms. The summed E-state index contributed by atoms with van der Waals surface area (Å²) in [7, 11) is -0.00499. The number of piperazine rings is 1. The van der Waals surface area contributed by atoms with Crippen LogP contribution in [0.5, 0.6) is 0 Å². The lowest BCUT2D eigenvalue weighted by Crippen LogP contribution is -2.63. The molecule has 0 saturated carbocycles. The number of fused-ring (bicyclic) bond motifs is 1. The molecule has 2 fully saturated rings. The molecule has 0 N–H and O–H groups in total. The number of aromatic nitrogens is 2. The minimum atomic E-state index is -3.28. The van der Waals surface area contributed by atoms with Crippen molar-refractivity contribution in [1.29, 1.82) is 0 Å². The van der Waals surface area contributed by atoms with E-state index in [9.17, 15) is 18.0 Å². The highest BCUT2D eigenvalue weighted by molar-refractivity contribution is 7.91. The fraction of sp³-hybridized carbons (Fsp3) is 0.667. The number of urea groups is 1. The van der Waals surface area contributed by atoms with E-state index in [4.69, 9.17) is 0 Å². The summed E-state index contributed by atoms with van der Waals surface area (Å²) in [6.07, 6.45) is 3.35. The van der Waals surface area contributed by atoms with Crippen LogP contribution in [0.4, 0.5) is 4.79 Å². The molecule has 3 heterocycles. The molecule has 1 aromatic heterocycles. The van der Waals surface area contributed by atoms with Crippen molar-refractivity contribution in [2.24, 2.45) is 0 Å². The quantitative estimate of drug-likeness (QED) is 0.679. The van der Waals surface area contributed by atoms with Crippen LogP contribution >= 0.6 is 0 Å². The summed E-state index contributed by atoms with van der Waals surface area (Å²) in [4.78, 5) is 33.9. The molecular formula is C15H23N5O4S. The Morgan fingerprint density at radius 1 is 1.20 bits per heavy atom. The smallest absolute Gasteiger partial charge is 0.319 e. The Morgan fingerprint density at radius 3 is 2.36 bits per heavy atom. The van der Waals surface area contributed by atoms with Crippen molar-refractivity contribution in [3.8, 4) is 0 Å². The van der Waals surface area contributed by atoms with Crippen LogP contribution in [0.25, 0.3) is 0 Å². The van der Waals surface area contributed by atoms with Crippen LogP contribution in [0.3, 0.4) is 0 Å². The van der Waals surface area contributed by atoms with E-state index in [1.165, 1.54) is 4.90 Å². The summed E-state index contributed by atoms with van der Waals surface area (Å²) in [6, 6.07) is -1.19. The molecule has 0 aromatic carbocycles. The lowest BCUT2D eigenvalue weighted by atomic mass is 10.0. The summed E-state index contributed by atoms with van der Waals surface area (Å²) >= 11 is 0. The van der Waals surface area contributed by atoms with Gasteiger partial charge in [-0.25, -0.2) is 18.2 Å². The highest BCUT2D eigenvalue weighted by Crippen LogP contribution is 2.28. The monoisotopic (exact) mass is 369 g/mol. The maximum absolute atomic E-state index is 12.8. The molecule has 2 aliphatic heterocycles. The van der Waals surface area contributed by atoms with Gasteiger partial charge in [-0.05, 0) is 6.92 Å². The van der Waals surface area contributed by atoms with Gasteiger partial charge in [0.05, 0.1) is 23.6 Å². The van der Waals surface area contributed by atoms with Gasteiger partial charge < -0.3 is 19.3 Å². The number of carbonyl (C=O) groups excluding carboxylic acids is 2. The van der Waals surface area contributed by atoms with Crippen molar-refractivity contribution >= 4 is 21.8 Å². The van der Waals surface area contributed by atoms with E-state index >= 15 is 0 Å². The molecule has 2 atom stereocenters. The fourth-order valence-electron chi connectivity index (χ4n) is 3.56. The number of rotatable bonds is 2. The van der Waals surface area contributed by atoms with Crippen molar-refractivity contribution in [2.75, 3.05) is 38.7 Å². The SMILES string of the molecule is Cc1nccn1CC(=O)N1CCN(C(=O)N(C)C)[C@H]2CS(=O)(=O)C[C@H]21. The van der Waals surface area contributed by atoms with Gasteiger partial charge in [0.25, 0.3) is 0 Å². The molecule has 3 rings (SSSR count). The van der Waals surface area contributed by atoms with E-state index in [0.29, 0.717) is 13.1 Å². The predicted molar refractivity (Wildman–Crippen MR) is 90.7 cm³/mol. The molecule has 25 heavy (non-hydrogen) atoms. The van der Waals surface area contributed by atoms with Gasteiger partial charge in [-0.3, -0.25) is 4.79 Å². The standard InChI is InChI=1S/C15H23N5O4S/c1-11-16-4-5-18(11)8-14(21)19-6-7-20(15(22)17(2)3)13-10-25(23,24)9-12(13)19/h4-5,12-13H,6-10H2,1-3H3/t12-,13+/m1/s1. The normalized spacial score (nSPS) is 24.9. The molecule has 0 aliphatic carbocycles. The van der Waals surface area contributed by atoms with Crippen molar-refractivity contribution in [1.82, 2.24) is 24.3 Å². The van der Waals surface area contributed by atoms with Gasteiger partial charge in [0.15, 0.2) is 9.84 Å². The summed E-state index contributed by atoms with van der Waals surface area (Å²) in [5.41, 5.74) is 0. The Bertz CT molecular complexity index is 788. The van der Waals surface area contributed by atoms with Crippen molar-refractivity contribution < 1.29 is 18.0 Å². The second kappa shape index (κ2) is 6.32. The van der Waals surface area contributed by atoms with Gasteiger partial charge in [0.1, 0.15) is 12.4 Å². The third-order valence-corrected chi connectivity index (χ3v) is 6.55. The van der Waals surface area contributed by atoms with Crippen molar-refractivity contribution in [3.63, 3.8) is 0 Å². The Balaban J connectivity index is 1.82. The Kier molecular flexibility index (Phi) is 4.48. The van der Waals surface area contributed by atoms with E-state index in [2.05, 4.69) is 4.98 Å². The van der Waals surface area contributed by atoms with Crippen LogP contribution in [-0.4, -0.2) is 95.4 Å². The molecule has 9 nitrogen and oxygen atoms in total. The lowest BCUT2D eigenvalue weighted by molar-refractivity contribution is -0.137. The van der Waals surface area contributed by atoms with Gasteiger partial charge in [0.2, 0.25) is 5.91 Å². The second-order valence-corrected chi connectivity index (χ2v) is 8.93. The minimum Gasteiger partial charge on any atom is -0.333 e. The van der Waals surface area contributed by atoms with Gasteiger partial charge in [-0.1, -0.05) is 0 Å². The fourth-order valence-corrected chi connectivity index (χ4v) is 5.55. The van der Waals surface area contributed by atoms with Crippen LogP contribution in [0.2, 0.25) is 0 Å². The number of amides is 3. The first-order chi connectivity index (χ1) is 11.7. The van der Waals surface area contributed by atoms with Crippen molar-refractivity contribution in [2.45, 2.75) is 25.6 Å². The molecule has 10 heteroatoms. The number of aryl methyl sites for hydroxylation is 1. The summed E-state index contributed by atoms with van der Waals surface area (Å²) in [6.45, 7) is 2.60. The summed E-state index contributed by atoms with van der Waals surface area (Å²) in [5.74, 6) is 0.393. The first-order valence-electron chi connectivity index (χ1n) is 8.15. The lowest BCUT2D eigenvalue weighted by Gasteiger charge is -2.44. The van der Waals surface area contributed by atoms with Crippen LogP contribution in [0.15, 0.2) is 12.4 Å². The summed E-state index contributed by atoms with van der Waals surface area (Å²) in [5, 5.41) is 0. The van der Waals surface area contributed by atoms with Crippen LogP contribution in [0.1, 0.15) is 5.82 Å². The van der Waals surface area contributed by atoms with Gasteiger partial charge in [-0.15, -0.1) is 0 Å². The van der Waals surface area contributed by atoms with Crippen LogP contribution in [0, 0.1) is 6.92 Å². The first kappa shape index (κ1) is 17.7. The maximum Gasteiger partial charge on any atom is 0.319 e. The molecule has 2 aliphatic rings. The molecule has 0 spiro atoms. The Hall–Kier alpha value is -2.10. The Labute approximate surface area is 147 Å². The zero-order chi connectivity index (χ0) is 18.4. The molecule has 2 saturated heterocycles. The van der Waals surface area contributed by atoms with E-state index in [1.54, 1.807) is 40.9 Å². The van der Waals surface area contributed by atoms with E-state index in [0.717, 1.165) is 5.82 Å². The van der Waals surface area contributed by atoms with E-state index in [1.807, 2.05) is 6.92 Å². The van der Waals surface area contributed by atoms with E-state index in [-0.39, 0.29) is 30.0 Å². The minimum absolute atomic E-state index is 0.0921. The number of imidazole rings is 1. The summed E-state index contributed by atoms with van der Waals surface area (Å²) < 4.78 is 26.1. The van der Waals surface area contributed by atoms with E-state index < -0.39 is 21.9 Å². The number of hydrogen-bond donors (Lipinski definition) is 0. The largest absolute Gasteiger partial charge is 0.333 e. The zero-order valence-corrected chi connectivity index (χ0v) is 15.4. The molecule has 3 amide bonds. The van der Waals surface area contributed by atoms with Crippen molar-refractivity contribution in [3.05, 3.63) is 18.2 Å². The van der Waals surface area contributed by atoms with Crippen LogP contribution in [-0.2, 0) is 21.2 Å². The third kappa shape index (κ3) is 3.35. The van der Waals surface area contributed by atoms with Gasteiger partial charge in [0, 0.05) is 39.6 Å². The number of sulfone groups is 1. The average Bonchev–Trinajstić information content (AvgIpc) is 3.07. The Morgan fingerprint density at radius 2 is 1.80 bits per heavy atom. The highest BCUT2D eigenvalue weighted by atomic mass is 32.2. The molecule has 1 aromatic rings. The first-order valence-corrected chi connectivity index (χ1v) is 9.97. The molecule has 0 unspecified atom stereocenters. The molecule has 0 radical (unpaired) electrons. The third-order valence-electron chi connectivity index (χ3n) is 4.85. The number of nitrogens with zero attached hydrogens (tertiary/aromatic N) is 5. The molecule has 138 valence electrons. The second-order valence-electron chi connectivity index (χ2n) is 6.77. The molecular weight excluding hydrogens is 346 g/mol. The zero-order valence-electron chi connectivity index (χ0n) is 14.6.